The van der Waals surface area contributed by atoms with Crippen LogP contribution in [0.15, 0.2) is 77.7 Å². The van der Waals surface area contributed by atoms with E-state index in [2.05, 4.69) is 19.2 Å². The van der Waals surface area contributed by atoms with Crippen molar-refractivity contribution in [1.29, 1.82) is 0 Å². The second-order valence-electron chi connectivity index (χ2n) is 9.16. The molecule has 0 radical (unpaired) electrons. The number of carbonyl (C=O) groups is 1. The van der Waals surface area contributed by atoms with Crippen molar-refractivity contribution in [3.8, 4) is 5.75 Å². The molecule has 0 aromatic heterocycles. The average molecular weight is 527 g/mol. The van der Waals surface area contributed by atoms with Gasteiger partial charge < -0.3 is 10.1 Å². The lowest BCUT2D eigenvalue weighted by Gasteiger charge is -2.41. The molecule has 8 heteroatoms. The van der Waals surface area contributed by atoms with E-state index in [0.717, 1.165) is 34.0 Å². The minimum atomic E-state index is -4.02. The molecule has 0 unspecified atom stereocenters. The zero-order chi connectivity index (χ0) is 25.9. The lowest BCUT2D eigenvalue weighted by Crippen LogP contribution is -2.47. The quantitative estimate of drug-likeness (QED) is 0.388. The fraction of sp³-hybridized carbons (Fsp3) is 0.321. The maximum absolute atomic E-state index is 13.6. The molecule has 6 nitrogen and oxygen atoms in total. The topological polar surface area (TPSA) is 75.7 Å². The number of rotatable bonds is 8. The summed E-state index contributed by atoms with van der Waals surface area (Å²) < 4.78 is 34.8. The first-order valence-electron chi connectivity index (χ1n) is 12.1. The molecule has 0 saturated carbocycles. The third-order valence-electron chi connectivity index (χ3n) is 6.83. The van der Waals surface area contributed by atoms with Crippen LogP contribution in [-0.2, 0) is 14.8 Å². The zero-order valence-electron chi connectivity index (χ0n) is 20.7. The Kier molecular flexibility index (Phi) is 7.62. The van der Waals surface area contributed by atoms with Gasteiger partial charge in [-0.1, -0.05) is 61.3 Å². The third kappa shape index (κ3) is 5.37. The minimum absolute atomic E-state index is 0.0627. The maximum Gasteiger partial charge on any atom is 0.264 e. The highest BCUT2D eigenvalue weighted by molar-refractivity contribution is 7.92. The fourth-order valence-corrected chi connectivity index (χ4v) is 6.11. The fourth-order valence-electron chi connectivity index (χ4n) is 4.56. The highest BCUT2D eigenvalue weighted by atomic mass is 35.5. The molecular formula is C28H31ClN2O4S. The molecule has 0 spiro atoms. The molecule has 1 atom stereocenters. The number of hydrogen-bond donors (Lipinski definition) is 1. The smallest absolute Gasteiger partial charge is 0.264 e. The molecule has 1 amide bonds. The normalized spacial score (nSPS) is 16.5. The Bertz CT molecular complexity index is 1320. The molecule has 0 bridgehead atoms. The Morgan fingerprint density at radius 2 is 1.67 bits per heavy atom. The molecule has 1 N–H and O–H groups in total. The van der Waals surface area contributed by atoms with Crippen molar-refractivity contribution in [2.75, 3.05) is 10.8 Å². The van der Waals surface area contributed by atoms with Gasteiger partial charge >= 0.3 is 0 Å². The van der Waals surface area contributed by atoms with E-state index >= 15 is 0 Å². The summed E-state index contributed by atoms with van der Waals surface area (Å²) in [6.45, 7) is 5.71. The molecule has 1 aliphatic rings. The number of sulfonamides is 1. The molecule has 3 aromatic carbocycles. The molecule has 3 aromatic rings. The second-order valence-corrected chi connectivity index (χ2v) is 11.5. The summed E-state index contributed by atoms with van der Waals surface area (Å²) in [4.78, 5) is 13.5. The first-order chi connectivity index (χ1) is 17.2. The highest BCUT2D eigenvalue weighted by Gasteiger charge is 2.39. The van der Waals surface area contributed by atoms with Gasteiger partial charge in [0.15, 0.2) is 0 Å². The summed E-state index contributed by atoms with van der Waals surface area (Å²) in [6, 6.07) is 20.4. The van der Waals surface area contributed by atoms with Gasteiger partial charge in [-0.25, -0.2) is 8.42 Å². The number of halogens is 1. The van der Waals surface area contributed by atoms with Crippen LogP contribution in [0.5, 0.6) is 5.75 Å². The Morgan fingerprint density at radius 1 is 1.03 bits per heavy atom. The van der Waals surface area contributed by atoms with E-state index in [9.17, 15) is 13.2 Å². The van der Waals surface area contributed by atoms with Crippen molar-refractivity contribution in [1.82, 2.24) is 5.32 Å². The Balaban J connectivity index is 1.65. The van der Waals surface area contributed by atoms with Gasteiger partial charge in [0.05, 0.1) is 16.6 Å². The van der Waals surface area contributed by atoms with Crippen LogP contribution >= 0.6 is 11.6 Å². The Morgan fingerprint density at radius 3 is 2.31 bits per heavy atom. The number of nitrogens with zero attached hydrogens (tertiary/aromatic N) is 1. The lowest BCUT2D eigenvalue weighted by molar-refractivity contribution is -0.121. The van der Waals surface area contributed by atoms with E-state index in [1.165, 1.54) is 24.3 Å². The van der Waals surface area contributed by atoms with Crippen LogP contribution in [0.3, 0.4) is 0 Å². The molecule has 36 heavy (non-hydrogen) atoms. The standard InChI is InChI=1S/C28H31ClN2O4S/c1-4-28(5-2)18-25(24-8-6-7-9-26(24)35-28)30-27(32)19-31(22-14-10-20(3)11-15-22)36(33,34)23-16-12-21(29)13-17-23/h6-17,25H,4-5,18-19H2,1-3H3,(H,30,32)/t25-/m0/s1. The predicted octanol–water partition coefficient (Wildman–Crippen LogP) is 6.04. The number of nitrogens with one attached hydrogen (secondary N) is 1. The van der Waals surface area contributed by atoms with Crippen molar-refractivity contribution in [3.63, 3.8) is 0 Å². The zero-order valence-corrected chi connectivity index (χ0v) is 22.3. The molecule has 4 rings (SSSR count). The summed E-state index contributed by atoms with van der Waals surface area (Å²) in [5.74, 6) is 0.359. The number of ether oxygens (including phenoxy) is 1. The number of para-hydroxylation sites is 1. The van der Waals surface area contributed by atoms with Gasteiger partial charge in [-0.05, 0) is 62.2 Å². The number of benzene rings is 3. The molecule has 190 valence electrons. The highest BCUT2D eigenvalue weighted by Crippen LogP contribution is 2.42. The second kappa shape index (κ2) is 10.5. The van der Waals surface area contributed by atoms with Gasteiger partial charge in [0, 0.05) is 17.0 Å². The number of aryl methyl sites for hydroxylation is 1. The number of fused-ring (bicyclic) bond motifs is 1. The number of carbonyl (C=O) groups excluding carboxylic acids is 1. The van der Waals surface area contributed by atoms with Crippen LogP contribution in [0.1, 0.15) is 50.3 Å². The van der Waals surface area contributed by atoms with Crippen LogP contribution in [0.25, 0.3) is 0 Å². The van der Waals surface area contributed by atoms with E-state index in [0.29, 0.717) is 17.1 Å². The van der Waals surface area contributed by atoms with E-state index in [1.807, 2.05) is 43.3 Å². The minimum Gasteiger partial charge on any atom is -0.487 e. The van der Waals surface area contributed by atoms with Crippen molar-refractivity contribution >= 4 is 33.2 Å². The maximum atomic E-state index is 13.6. The van der Waals surface area contributed by atoms with Gasteiger partial charge in [0.2, 0.25) is 5.91 Å². The predicted molar refractivity (Wildman–Crippen MR) is 143 cm³/mol. The molecule has 1 aliphatic heterocycles. The van der Waals surface area contributed by atoms with Crippen LogP contribution in [0.4, 0.5) is 5.69 Å². The van der Waals surface area contributed by atoms with Crippen molar-refractivity contribution < 1.29 is 17.9 Å². The van der Waals surface area contributed by atoms with Gasteiger partial charge in [0.1, 0.15) is 17.9 Å². The number of anilines is 1. The molecule has 0 saturated heterocycles. The van der Waals surface area contributed by atoms with Gasteiger partial charge in [-0.15, -0.1) is 0 Å². The van der Waals surface area contributed by atoms with E-state index < -0.39 is 21.5 Å². The summed E-state index contributed by atoms with van der Waals surface area (Å²) in [7, 11) is -4.02. The third-order valence-corrected chi connectivity index (χ3v) is 8.87. The largest absolute Gasteiger partial charge is 0.487 e. The molecule has 0 aliphatic carbocycles. The van der Waals surface area contributed by atoms with Crippen LogP contribution < -0.4 is 14.4 Å². The van der Waals surface area contributed by atoms with Crippen molar-refractivity contribution in [2.24, 2.45) is 0 Å². The lowest BCUT2D eigenvalue weighted by atomic mass is 9.83. The number of hydrogen-bond acceptors (Lipinski definition) is 4. The van der Waals surface area contributed by atoms with Gasteiger partial charge in [-0.3, -0.25) is 9.10 Å². The molecule has 1 heterocycles. The molecular weight excluding hydrogens is 496 g/mol. The van der Waals surface area contributed by atoms with E-state index in [-0.39, 0.29) is 17.5 Å². The van der Waals surface area contributed by atoms with Crippen LogP contribution in [0, 0.1) is 6.92 Å². The molecule has 0 fully saturated rings. The van der Waals surface area contributed by atoms with E-state index in [4.69, 9.17) is 16.3 Å². The van der Waals surface area contributed by atoms with E-state index in [1.54, 1.807) is 12.1 Å². The SMILES string of the molecule is CCC1(CC)C[C@H](NC(=O)CN(c2ccc(C)cc2)S(=O)(=O)c2ccc(Cl)cc2)c2ccccc2O1. The summed E-state index contributed by atoms with van der Waals surface area (Å²) in [6.07, 6.45) is 2.20. The summed E-state index contributed by atoms with van der Waals surface area (Å²) >= 11 is 5.97. The van der Waals surface area contributed by atoms with Crippen molar-refractivity contribution in [3.05, 3.63) is 88.9 Å². The average Bonchev–Trinajstić information content (AvgIpc) is 2.88. The number of amides is 1. The van der Waals surface area contributed by atoms with Crippen LogP contribution in [0.2, 0.25) is 5.02 Å². The van der Waals surface area contributed by atoms with Crippen molar-refractivity contribution in [2.45, 2.75) is 56.6 Å². The van der Waals surface area contributed by atoms with Gasteiger partial charge in [0.25, 0.3) is 10.0 Å². The monoisotopic (exact) mass is 526 g/mol. The Labute approximate surface area is 218 Å². The van der Waals surface area contributed by atoms with Gasteiger partial charge in [-0.2, -0.15) is 0 Å². The van der Waals surface area contributed by atoms with Crippen LogP contribution in [-0.4, -0.2) is 26.5 Å². The summed E-state index contributed by atoms with van der Waals surface area (Å²) in [5, 5.41) is 3.53. The first kappa shape index (κ1) is 26.0. The summed E-state index contributed by atoms with van der Waals surface area (Å²) in [5.41, 5.74) is 1.90. The first-order valence-corrected chi connectivity index (χ1v) is 13.9. The Hall–Kier alpha value is -3.03.